The molecule has 80 valence electrons. The smallest absolute Gasteiger partial charge is 0.151 e. The molecule has 1 aromatic heterocycles. The fourth-order valence-electron chi connectivity index (χ4n) is 1.93. The maximum Gasteiger partial charge on any atom is 0.151 e. The van der Waals surface area contributed by atoms with Crippen molar-refractivity contribution in [2.45, 2.75) is 24.7 Å². The summed E-state index contributed by atoms with van der Waals surface area (Å²) in [6.45, 7) is 0. The molecule has 3 N–H and O–H groups in total. The van der Waals surface area contributed by atoms with Crippen molar-refractivity contribution in [2.75, 3.05) is 0 Å². The Morgan fingerprint density at radius 3 is 2.67 bits per heavy atom. The Bertz CT molecular complexity index is 384. The van der Waals surface area contributed by atoms with Gasteiger partial charge in [-0.3, -0.25) is 4.98 Å². The number of nitrogens with zero attached hydrogens (tertiary/aromatic N) is 2. The average molecular weight is 270 g/mol. The third-order valence-corrected chi connectivity index (χ3v) is 3.49. The number of rotatable bonds is 2. The summed E-state index contributed by atoms with van der Waals surface area (Å²) in [7, 11) is 0. The number of amidine groups is 1. The quantitative estimate of drug-likeness (QED) is 0.374. The Hall–Kier alpha value is -1.10. The first kappa shape index (κ1) is 10.4. The third kappa shape index (κ3) is 1.61. The van der Waals surface area contributed by atoms with Crippen molar-refractivity contribution in [3.05, 3.63) is 28.5 Å². The van der Waals surface area contributed by atoms with Crippen molar-refractivity contribution >= 4 is 21.8 Å². The molecule has 1 aliphatic carbocycles. The Morgan fingerprint density at radius 1 is 1.53 bits per heavy atom. The zero-order valence-corrected chi connectivity index (χ0v) is 9.74. The van der Waals surface area contributed by atoms with Gasteiger partial charge >= 0.3 is 0 Å². The van der Waals surface area contributed by atoms with E-state index in [1.165, 1.54) is 0 Å². The van der Waals surface area contributed by atoms with E-state index in [2.05, 4.69) is 26.1 Å². The van der Waals surface area contributed by atoms with Crippen LogP contribution in [-0.2, 0) is 5.41 Å². The molecule has 0 atom stereocenters. The number of nitrogens with two attached hydrogens (primary N) is 1. The Morgan fingerprint density at radius 2 is 2.27 bits per heavy atom. The zero-order valence-electron chi connectivity index (χ0n) is 8.15. The minimum absolute atomic E-state index is 0.267. The minimum atomic E-state index is -0.338. The highest BCUT2D eigenvalue weighted by molar-refractivity contribution is 9.10. The van der Waals surface area contributed by atoms with Gasteiger partial charge in [-0.25, -0.2) is 0 Å². The van der Waals surface area contributed by atoms with E-state index in [9.17, 15) is 0 Å². The summed E-state index contributed by atoms with van der Waals surface area (Å²) in [6, 6.07) is 3.84. The Balaban J connectivity index is 2.38. The van der Waals surface area contributed by atoms with Crippen molar-refractivity contribution < 1.29 is 5.21 Å². The molecule has 0 spiro atoms. The summed E-state index contributed by atoms with van der Waals surface area (Å²) in [5, 5.41) is 11.9. The summed E-state index contributed by atoms with van der Waals surface area (Å²) in [5.41, 5.74) is 6.28. The van der Waals surface area contributed by atoms with Crippen molar-refractivity contribution in [1.82, 2.24) is 4.98 Å². The minimum Gasteiger partial charge on any atom is -0.409 e. The van der Waals surface area contributed by atoms with E-state index in [0.717, 1.165) is 29.4 Å². The molecule has 2 rings (SSSR count). The average Bonchev–Trinajstić information content (AvgIpc) is 2.19. The van der Waals surface area contributed by atoms with E-state index >= 15 is 0 Å². The number of oxime groups is 1. The molecular formula is C10H12BrN3O. The summed E-state index contributed by atoms with van der Waals surface area (Å²) in [6.07, 6.45) is 4.63. The molecule has 5 heteroatoms. The second kappa shape index (κ2) is 3.81. The normalized spacial score (nSPS) is 19.7. The largest absolute Gasteiger partial charge is 0.409 e. The molecule has 1 fully saturated rings. The number of pyridine rings is 1. The van der Waals surface area contributed by atoms with Gasteiger partial charge in [0.05, 0.1) is 11.1 Å². The van der Waals surface area contributed by atoms with Crippen LogP contribution in [0.15, 0.2) is 28.0 Å². The monoisotopic (exact) mass is 269 g/mol. The van der Waals surface area contributed by atoms with Crippen molar-refractivity contribution in [3.63, 3.8) is 0 Å². The molecule has 1 aliphatic rings. The van der Waals surface area contributed by atoms with Crippen LogP contribution in [0.4, 0.5) is 0 Å². The van der Waals surface area contributed by atoms with Gasteiger partial charge in [0.15, 0.2) is 5.84 Å². The molecule has 15 heavy (non-hydrogen) atoms. The molecule has 1 heterocycles. The predicted molar refractivity (Wildman–Crippen MR) is 60.9 cm³/mol. The van der Waals surface area contributed by atoms with Crippen molar-refractivity contribution in [2.24, 2.45) is 10.9 Å². The van der Waals surface area contributed by atoms with Crippen LogP contribution in [0.2, 0.25) is 0 Å². The SMILES string of the molecule is N/C(=N/O)C1(c2ccc(Br)cn2)CCC1. The first-order chi connectivity index (χ1) is 7.19. The molecule has 0 aliphatic heterocycles. The van der Waals surface area contributed by atoms with E-state index < -0.39 is 0 Å². The molecule has 4 nitrogen and oxygen atoms in total. The molecule has 0 aromatic carbocycles. The van der Waals surface area contributed by atoms with E-state index in [-0.39, 0.29) is 11.3 Å². The standard InChI is InChI=1S/C10H12BrN3O/c11-7-2-3-8(13-6-7)10(4-1-5-10)9(12)14-15/h2-3,6,15H,1,4-5H2,(H2,12,14). The lowest BCUT2D eigenvalue weighted by Crippen LogP contribution is -2.47. The highest BCUT2D eigenvalue weighted by Crippen LogP contribution is 2.43. The van der Waals surface area contributed by atoms with E-state index in [1.807, 2.05) is 12.1 Å². The van der Waals surface area contributed by atoms with Crippen LogP contribution in [0.3, 0.4) is 0 Å². The van der Waals surface area contributed by atoms with Gasteiger partial charge in [-0.2, -0.15) is 0 Å². The van der Waals surface area contributed by atoms with Crippen molar-refractivity contribution in [1.29, 1.82) is 0 Å². The fraction of sp³-hybridized carbons (Fsp3) is 0.400. The van der Waals surface area contributed by atoms with Crippen LogP contribution in [0, 0.1) is 0 Å². The molecule has 0 bridgehead atoms. The van der Waals surface area contributed by atoms with Crippen LogP contribution in [0.5, 0.6) is 0 Å². The molecule has 1 aromatic rings. The van der Waals surface area contributed by atoms with Crippen LogP contribution in [0.25, 0.3) is 0 Å². The third-order valence-electron chi connectivity index (χ3n) is 3.02. The van der Waals surface area contributed by atoms with Crippen molar-refractivity contribution in [3.8, 4) is 0 Å². The van der Waals surface area contributed by atoms with Crippen LogP contribution >= 0.6 is 15.9 Å². The lowest BCUT2D eigenvalue weighted by molar-refractivity contribution is 0.283. The van der Waals surface area contributed by atoms with Crippen LogP contribution in [-0.4, -0.2) is 16.0 Å². The first-order valence-electron chi connectivity index (χ1n) is 4.79. The Kier molecular flexibility index (Phi) is 2.65. The molecule has 1 saturated carbocycles. The van der Waals surface area contributed by atoms with Gasteiger partial charge in [0.2, 0.25) is 0 Å². The lowest BCUT2D eigenvalue weighted by Gasteiger charge is -2.39. The summed E-state index contributed by atoms with van der Waals surface area (Å²) in [5.74, 6) is 0.267. The van der Waals surface area contributed by atoms with E-state index in [1.54, 1.807) is 6.20 Å². The maximum absolute atomic E-state index is 8.78. The second-order valence-corrected chi connectivity index (χ2v) is 4.70. The van der Waals surface area contributed by atoms with Gasteiger partial charge in [-0.15, -0.1) is 0 Å². The zero-order chi connectivity index (χ0) is 10.9. The van der Waals surface area contributed by atoms with Gasteiger partial charge in [-0.1, -0.05) is 11.6 Å². The highest BCUT2D eigenvalue weighted by Gasteiger charge is 2.44. The van der Waals surface area contributed by atoms with Gasteiger partial charge in [-0.05, 0) is 40.9 Å². The Labute approximate surface area is 96.3 Å². The van der Waals surface area contributed by atoms with Gasteiger partial charge in [0.25, 0.3) is 0 Å². The number of aromatic nitrogens is 1. The molecule has 0 amide bonds. The second-order valence-electron chi connectivity index (χ2n) is 3.78. The lowest BCUT2D eigenvalue weighted by atomic mass is 9.65. The number of hydrogen-bond acceptors (Lipinski definition) is 3. The molecular weight excluding hydrogens is 258 g/mol. The number of hydrogen-bond donors (Lipinski definition) is 2. The molecule has 0 saturated heterocycles. The van der Waals surface area contributed by atoms with E-state index in [0.29, 0.717) is 0 Å². The highest BCUT2D eigenvalue weighted by atomic mass is 79.9. The van der Waals surface area contributed by atoms with Crippen LogP contribution < -0.4 is 5.73 Å². The predicted octanol–water partition coefficient (Wildman–Crippen LogP) is 2.01. The van der Waals surface area contributed by atoms with Crippen LogP contribution in [0.1, 0.15) is 25.0 Å². The number of halogens is 1. The van der Waals surface area contributed by atoms with Gasteiger partial charge in [0, 0.05) is 10.7 Å². The molecule has 0 unspecified atom stereocenters. The van der Waals surface area contributed by atoms with E-state index in [4.69, 9.17) is 10.9 Å². The topological polar surface area (TPSA) is 71.5 Å². The van der Waals surface area contributed by atoms with Gasteiger partial charge < -0.3 is 10.9 Å². The summed E-state index contributed by atoms with van der Waals surface area (Å²) >= 11 is 3.33. The first-order valence-corrected chi connectivity index (χ1v) is 5.58. The summed E-state index contributed by atoms with van der Waals surface area (Å²) in [4.78, 5) is 4.32. The van der Waals surface area contributed by atoms with Gasteiger partial charge in [0.1, 0.15) is 0 Å². The summed E-state index contributed by atoms with van der Waals surface area (Å²) < 4.78 is 0.931. The molecule has 0 radical (unpaired) electrons. The maximum atomic E-state index is 8.78. The fourth-order valence-corrected chi connectivity index (χ4v) is 2.16.